The van der Waals surface area contributed by atoms with Gasteiger partial charge in [0.1, 0.15) is 4.32 Å². The molecule has 1 saturated carbocycles. The number of benzene rings is 1. The molecule has 2 fully saturated rings. The predicted molar refractivity (Wildman–Crippen MR) is 103 cm³/mol. The molecule has 0 spiro atoms. The lowest BCUT2D eigenvalue weighted by atomic mass is 9.94. The van der Waals surface area contributed by atoms with Crippen LogP contribution in [0, 0.1) is 0 Å². The van der Waals surface area contributed by atoms with Crippen molar-refractivity contribution in [3.05, 3.63) is 22.6 Å². The van der Waals surface area contributed by atoms with Crippen molar-refractivity contribution in [3.63, 3.8) is 0 Å². The fourth-order valence-electron chi connectivity index (χ4n) is 3.28. The lowest BCUT2D eigenvalue weighted by Crippen LogP contribution is -2.39. The molecule has 3 rings (SSSR count). The van der Waals surface area contributed by atoms with E-state index in [1.807, 2.05) is 0 Å². The summed E-state index contributed by atoms with van der Waals surface area (Å²) in [5.74, 6) is 0.506. The highest BCUT2D eigenvalue weighted by Gasteiger charge is 2.37. The molecular formula is C18H21NO4S2. The molecule has 1 heterocycles. The van der Waals surface area contributed by atoms with Gasteiger partial charge in [0.25, 0.3) is 5.91 Å². The number of amides is 1. The van der Waals surface area contributed by atoms with Crippen LogP contribution in [0.3, 0.4) is 0 Å². The van der Waals surface area contributed by atoms with Crippen molar-refractivity contribution in [3.8, 4) is 17.2 Å². The fourth-order valence-corrected chi connectivity index (χ4v) is 4.68. The van der Waals surface area contributed by atoms with Gasteiger partial charge in [-0.2, -0.15) is 0 Å². The number of thioether (sulfide) groups is 1. The topological polar surface area (TPSA) is 59.0 Å². The van der Waals surface area contributed by atoms with E-state index in [0.29, 0.717) is 20.7 Å². The quantitative estimate of drug-likeness (QED) is 0.632. The zero-order chi connectivity index (χ0) is 18.0. The van der Waals surface area contributed by atoms with Gasteiger partial charge in [-0.25, -0.2) is 0 Å². The molecule has 1 N–H and O–H groups in total. The number of nitrogens with zero attached hydrogens (tertiary/aromatic N) is 1. The van der Waals surface area contributed by atoms with Crippen molar-refractivity contribution in [2.75, 3.05) is 14.2 Å². The van der Waals surface area contributed by atoms with Crippen LogP contribution in [0.25, 0.3) is 6.08 Å². The van der Waals surface area contributed by atoms with Crippen molar-refractivity contribution in [1.82, 2.24) is 4.90 Å². The Labute approximate surface area is 157 Å². The Hall–Kier alpha value is -1.73. The minimum Gasteiger partial charge on any atom is -0.502 e. The first-order valence-corrected chi connectivity index (χ1v) is 9.49. The zero-order valence-electron chi connectivity index (χ0n) is 14.3. The number of hydrogen-bond acceptors (Lipinski definition) is 6. The third-order valence-corrected chi connectivity index (χ3v) is 5.89. The average molecular weight is 380 g/mol. The normalized spacial score (nSPS) is 20.4. The number of methoxy groups -OCH3 is 2. The number of ether oxygens (including phenoxy) is 2. The van der Waals surface area contributed by atoms with E-state index in [4.69, 9.17) is 21.7 Å². The molecule has 1 saturated heterocycles. The van der Waals surface area contributed by atoms with Gasteiger partial charge in [-0.3, -0.25) is 9.69 Å². The molecule has 0 unspecified atom stereocenters. The Kier molecular flexibility index (Phi) is 5.54. The van der Waals surface area contributed by atoms with Gasteiger partial charge >= 0.3 is 0 Å². The number of thiocarbonyl (C=S) groups is 1. The van der Waals surface area contributed by atoms with Gasteiger partial charge in [0, 0.05) is 6.04 Å². The minimum atomic E-state index is -0.0584. The summed E-state index contributed by atoms with van der Waals surface area (Å²) in [7, 11) is 2.95. The van der Waals surface area contributed by atoms with E-state index in [9.17, 15) is 9.90 Å². The maximum Gasteiger partial charge on any atom is 0.266 e. The van der Waals surface area contributed by atoms with E-state index in [1.165, 1.54) is 32.4 Å². The number of carbonyl (C=O) groups is 1. The third kappa shape index (κ3) is 3.62. The number of aromatic hydroxyl groups is 1. The second kappa shape index (κ2) is 7.66. The number of rotatable bonds is 4. The van der Waals surface area contributed by atoms with Crippen LogP contribution in [0.2, 0.25) is 0 Å². The van der Waals surface area contributed by atoms with Crippen LogP contribution in [0.4, 0.5) is 0 Å². The number of phenols is 1. The fraction of sp³-hybridized carbons (Fsp3) is 0.444. The molecule has 0 radical (unpaired) electrons. The lowest BCUT2D eigenvalue weighted by molar-refractivity contribution is -0.124. The summed E-state index contributed by atoms with van der Waals surface area (Å²) in [6.45, 7) is 0. The Morgan fingerprint density at radius 1 is 1.20 bits per heavy atom. The first-order valence-electron chi connectivity index (χ1n) is 8.27. The van der Waals surface area contributed by atoms with Crippen LogP contribution in [0.5, 0.6) is 17.2 Å². The highest BCUT2D eigenvalue weighted by molar-refractivity contribution is 8.26. The highest BCUT2D eigenvalue weighted by Crippen LogP contribution is 2.40. The van der Waals surface area contributed by atoms with Crippen LogP contribution in [-0.2, 0) is 4.79 Å². The Balaban J connectivity index is 1.89. The van der Waals surface area contributed by atoms with E-state index >= 15 is 0 Å². The van der Waals surface area contributed by atoms with Crippen LogP contribution in [0.1, 0.15) is 37.7 Å². The SMILES string of the molecule is COc1cc(C=C2SC(=S)N(C3CCCCC3)C2=O)cc(OC)c1O. The van der Waals surface area contributed by atoms with E-state index in [0.717, 1.165) is 31.2 Å². The highest BCUT2D eigenvalue weighted by atomic mass is 32.2. The first-order chi connectivity index (χ1) is 12.0. The zero-order valence-corrected chi connectivity index (χ0v) is 15.9. The second-order valence-corrected chi connectivity index (χ2v) is 7.79. The van der Waals surface area contributed by atoms with Crippen molar-refractivity contribution >= 4 is 40.3 Å². The summed E-state index contributed by atoms with van der Waals surface area (Å²) in [6.07, 6.45) is 7.32. The minimum absolute atomic E-state index is 0.0343. The molecule has 0 bridgehead atoms. The van der Waals surface area contributed by atoms with Gasteiger partial charge in [-0.15, -0.1) is 0 Å². The van der Waals surface area contributed by atoms with Crippen LogP contribution in [-0.4, -0.2) is 40.5 Å². The second-order valence-electron chi connectivity index (χ2n) is 6.12. The summed E-state index contributed by atoms with van der Waals surface area (Å²) in [4.78, 5) is 15.2. The van der Waals surface area contributed by atoms with E-state index in [2.05, 4.69) is 0 Å². The molecule has 1 aliphatic heterocycles. The Morgan fingerprint density at radius 2 is 1.80 bits per heavy atom. The molecule has 1 aromatic rings. The van der Waals surface area contributed by atoms with Crippen molar-refractivity contribution < 1.29 is 19.4 Å². The lowest BCUT2D eigenvalue weighted by Gasteiger charge is -2.29. The first kappa shape index (κ1) is 18.1. The van der Waals surface area contributed by atoms with E-state index in [1.54, 1.807) is 23.1 Å². The number of carbonyl (C=O) groups excluding carboxylic acids is 1. The summed E-state index contributed by atoms with van der Waals surface area (Å²) in [5, 5.41) is 10.0. The third-order valence-electron chi connectivity index (χ3n) is 4.56. The monoisotopic (exact) mass is 379 g/mol. The summed E-state index contributed by atoms with van der Waals surface area (Å²) in [5.41, 5.74) is 0.718. The maximum atomic E-state index is 12.8. The maximum absolute atomic E-state index is 12.8. The molecule has 25 heavy (non-hydrogen) atoms. The molecule has 0 aromatic heterocycles. The Bertz CT molecular complexity index is 701. The van der Waals surface area contributed by atoms with Crippen LogP contribution >= 0.6 is 24.0 Å². The van der Waals surface area contributed by atoms with Gasteiger partial charge in [-0.1, -0.05) is 43.2 Å². The van der Waals surface area contributed by atoms with Gasteiger partial charge in [0.05, 0.1) is 19.1 Å². The predicted octanol–water partition coefficient (Wildman–Crippen LogP) is 3.94. The van der Waals surface area contributed by atoms with Crippen LogP contribution < -0.4 is 9.47 Å². The van der Waals surface area contributed by atoms with Gasteiger partial charge in [0.2, 0.25) is 5.75 Å². The Morgan fingerprint density at radius 3 is 2.36 bits per heavy atom. The van der Waals surface area contributed by atoms with E-state index in [-0.39, 0.29) is 17.7 Å². The smallest absolute Gasteiger partial charge is 0.266 e. The molecule has 7 heteroatoms. The molecule has 134 valence electrons. The molecule has 1 aromatic carbocycles. The molecule has 1 aliphatic carbocycles. The van der Waals surface area contributed by atoms with Crippen molar-refractivity contribution in [2.45, 2.75) is 38.1 Å². The van der Waals surface area contributed by atoms with E-state index < -0.39 is 0 Å². The average Bonchev–Trinajstić information content (AvgIpc) is 2.90. The van der Waals surface area contributed by atoms with Crippen molar-refractivity contribution in [1.29, 1.82) is 0 Å². The summed E-state index contributed by atoms with van der Waals surface area (Å²) < 4.78 is 11.0. The standard InChI is InChI=1S/C18H21NO4S2/c1-22-13-8-11(9-14(23-2)16(13)20)10-15-17(21)19(18(24)25-15)12-6-4-3-5-7-12/h8-10,12,20H,3-7H2,1-2H3. The van der Waals surface area contributed by atoms with Gasteiger partial charge in [-0.05, 0) is 36.6 Å². The van der Waals surface area contributed by atoms with Gasteiger partial charge in [0.15, 0.2) is 11.5 Å². The van der Waals surface area contributed by atoms with Crippen LogP contribution in [0.15, 0.2) is 17.0 Å². The van der Waals surface area contributed by atoms with Crippen molar-refractivity contribution in [2.24, 2.45) is 0 Å². The molecular weight excluding hydrogens is 358 g/mol. The summed E-state index contributed by atoms with van der Waals surface area (Å²) in [6, 6.07) is 3.56. The molecule has 2 aliphatic rings. The number of hydrogen-bond donors (Lipinski definition) is 1. The number of phenolic OH excluding ortho intramolecular Hbond substituents is 1. The molecule has 1 amide bonds. The largest absolute Gasteiger partial charge is 0.502 e. The molecule has 5 nitrogen and oxygen atoms in total. The molecule has 0 atom stereocenters. The summed E-state index contributed by atoms with van der Waals surface area (Å²) >= 11 is 6.77. The van der Waals surface area contributed by atoms with Gasteiger partial charge < -0.3 is 14.6 Å².